The van der Waals surface area contributed by atoms with Crippen LogP contribution in [0.1, 0.15) is 36.5 Å². The Morgan fingerprint density at radius 3 is 2.84 bits per heavy atom. The highest BCUT2D eigenvalue weighted by Crippen LogP contribution is 2.27. The van der Waals surface area contributed by atoms with E-state index in [1.54, 1.807) is 11.3 Å². The summed E-state index contributed by atoms with van der Waals surface area (Å²) in [4.78, 5) is 6.66. The van der Waals surface area contributed by atoms with E-state index in [2.05, 4.69) is 16.8 Å². The average molecular weight is 305 g/mol. The molecule has 19 heavy (non-hydrogen) atoms. The van der Waals surface area contributed by atoms with Gasteiger partial charge in [0.15, 0.2) is 0 Å². The van der Waals surface area contributed by atoms with Crippen LogP contribution in [-0.2, 0) is 10.6 Å². The van der Waals surface area contributed by atoms with Crippen LogP contribution in [-0.4, -0.2) is 47.4 Å². The number of nitrogens with zero attached hydrogens (tertiary/aromatic N) is 2. The highest BCUT2D eigenvalue weighted by Gasteiger charge is 2.32. The Kier molecular flexibility index (Phi) is 5.20. The SMILES string of the molecule is CC(c1nc(CCl)cs1)N(C)CC1(O)CCOCC1. The molecule has 2 rings (SSSR count). The highest BCUT2D eigenvalue weighted by atomic mass is 35.5. The zero-order valence-electron chi connectivity index (χ0n) is 11.4. The van der Waals surface area contributed by atoms with Crippen molar-refractivity contribution in [2.45, 2.75) is 37.3 Å². The Morgan fingerprint density at radius 2 is 2.26 bits per heavy atom. The van der Waals surface area contributed by atoms with Crippen molar-refractivity contribution in [1.29, 1.82) is 0 Å². The predicted octanol–water partition coefficient (Wildman–Crippen LogP) is 2.42. The summed E-state index contributed by atoms with van der Waals surface area (Å²) in [7, 11) is 2.03. The summed E-state index contributed by atoms with van der Waals surface area (Å²) in [5.41, 5.74) is 0.292. The van der Waals surface area contributed by atoms with Crippen LogP contribution in [0, 0.1) is 0 Å². The Hall–Kier alpha value is -0.200. The summed E-state index contributed by atoms with van der Waals surface area (Å²) >= 11 is 7.41. The molecule has 1 aromatic heterocycles. The molecule has 1 atom stereocenters. The van der Waals surface area contributed by atoms with Crippen molar-refractivity contribution in [3.63, 3.8) is 0 Å². The van der Waals surface area contributed by atoms with Crippen molar-refractivity contribution in [2.24, 2.45) is 0 Å². The fourth-order valence-electron chi connectivity index (χ4n) is 2.28. The van der Waals surface area contributed by atoms with Gasteiger partial charge in [0, 0.05) is 38.0 Å². The first-order valence-electron chi connectivity index (χ1n) is 6.55. The number of aliphatic hydroxyl groups is 1. The van der Waals surface area contributed by atoms with Crippen LogP contribution in [0.3, 0.4) is 0 Å². The van der Waals surface area contributed by atoms with E-state index in [0.717, 1.165) is 10.7 Å². The highest BCUT2D eigenvalue weighted by molar-refractivity contribution is 7.09. The Labute approximate surface area is 123 Å². The van der Waals surface area contributed by atoms with Crippen molar-refractivity contribution >= 4 is 22.9 Å². The number of hydrogen-bond donors (Lipinski definition) is 1. The third-order valence-electron chi connectivity index (χ3n) is 3.69. The van der Waals surface area contributed by atoms with Gasteiger partial charge in [0.05, 0.1) is 23.2 Å². The van der Waals surface area contributed by atoms with Crippen LogP contribution in [0.5, 0.6) is 0 Å². The van der Waals surface area contributed by atoms with Gasteiger partial charge in [-0.1, -0.05) is 0 Å². The number of rotatable bonds is 5. The first kappa shape index (κ1) is 15.2. The molecule has 4 nitrogen and oxygen atoms in total. The maximum Gasteiger partial charge on any atom is 0.110 e. The zero-order valence-corrected chi connectivity index (χ0v) is 13.0. The lowest BCUT2D eigenvalue weighted by Crippen LogP contribution is -2.46. The van der Waals surface area contributed by atoms with Gasteiger partial charge >= 0.3 is 0 Å². The van der Waals surface area contributed by atoms with Crippen LogP contribution in [0.15, 0.2) is 5.38 Å². The van der Waals surface area contributed by atoms with E-state index >= 15 is 0 Å². The van der Waals surface area contributed by atoms with E-state index in [4.69, 9.17) is 16.3 Å². The number of hydrogen-bond acceptors (Lipinski definition) is 5. The molecule has 1 aliphatic heterocycles. The van der Waals surface area contributed by atoms with Crippen LogP contribution in [0.2, 0.25) is 0 Å². The maximum atomic E-state index is 10.5. The molecule has 1 saturated heterocycles. The smallest absolute Gasteiger partial charge is 0.110 e. The Balaban J connectivity index is 1.96. The largest absolute Gasteiger partial charge is 0.388 e. The van der Waals surface area contributed by atoms with Crippen LogP contribution >= 0.6 is 22.9 Å². The second kappa shape index (κ2) is 6.50. The van der Waals surface area contributed by atoms with Crippen molar-refractivity contribution in [3.8, 4) is 0 Å². The molecule has 0 spiro atoms. The van der Waals surface area contributed by atoms with Crippen molar-refractivity contribution in [1.82, 2.24) is 9.88 Å². The summed E-state index contributed by atoms with van der Waals surface area (Å²) in [5, 5.41) is 13.6. The lowest BCUT2D eigenvalue weighted by molar-refractivity contribution is -0.0808. The molecule has 6 heteroatoms. The molecule has 1 unspecified atom stereocenters. The normalized spacial score (nSPS) is 20.7. The number of ether oxygens (including phenoxy) is 1. The van der Waals surface area contributed by atoms with Gasteiger partial charge in [-0.05, 0) is 14.0 Å². The molecule has 1 fully saturated rings. The van der Waals surface area contributed by atoms with Gasteiger partial charge in [-0.15, -0.1) is 22.9 Å². The number of halogens is 1. The third kappa shape index (κ3) is 3.89. The molecule has 0 aromatic carbocycles. The number of likely N-dealkylation sites (N-methyl/N-ethyl adjacent to an activating group) is 1. The summed E-state index contributed by atoms with van der Waals surface area (Å²) < 4.78 is 5.31. The summed E-state index contributed by atoms with van der Waals surface area (Å²) in [5.74, 6) is 0.453. The lowest BCUT2D eigenvalue weighted by atomic mass is 9.93. The molecule has 1 N–H and O–H groups in total. The minimum atomic E-state index is -0.631. The van der Waals surface area contributed by atoms with E-state index in [1.165, 1.54) is 0 Å². The van der Waals surface area contributed by atoms with Gasteiger partial charge in [0.2, 0.25) is 0 Å². The van der Waals surface area contributed by atoms with E-state index in [1.807, 2.05) is 12.4 Å². The maximum absolute atomic E-state index is 10.5. The van der Waals surface area contributed by atoms with Gasteiger partial charge < -0.3 is 9.84 Å². The van der Waals surface area contributed by atoms with Crippen LogP contribution in [0.25, 0.3) is 0 Å². The fraction of sp³-hybridized carbons (Fsp3) is 0.769. The number of thiazole rings is 1. The topological polar surface area (TPSA) is 45.6 Å². The summed E-state index contributed by atoms with van der Waals surface area (Å²) in [6.07, 6.45) is 1.41. The molecule has 1 aliphatic rings. The number of alkyl halides is 1. The Bertz CT molecular complexity index is 407. The second-order valence-corrected chi connectivity index (χ2v) is 6.40. The van der Waals surface area contributed by atoms with E-state index in [9.17, 15) is 5.11 Å². The molecule has 0 aliphatic carbocycles. The Morgan fingerprint density at radius 1 is 1.58 bits per heavy atom. The molecule has 0 radical (unpaired) electrons. The minimum absolute atomic E-state index is 0.189. The molecule has 0 amide bonds. The van der Waals surface area contributed by atoms with Crippen molar-refractivity contribution < 1.29 is 9.84 Å². The quantitative estimate of drug-likeness (QED) is 0.849. The molecule has 2 heterocycles. The fourth-order valence-corrected chi connectivity index (χ4v) is 3.44. The van der Waals surface area contributed by atoms with Crippen LogP contribution in [0.4, 0.5) is 0 Å². The van der Waals surface area contributed by atoms with E-state index in [-0.39, 0.29) is 6.04 Å². The summed E-state index contributed by atoms with van der Waals surface area (Å²) in [6, 6.07) is 0.189. The van der Waals surface area contributed by atoms with Gasteiger partial charge in [-0.25, -0.2) is 4.98 Å². The molecular formula is C13H21ClN2O2S. The monoisotopic (exact) mass is 304 g/mol. The van der Waals surface area contributed by atoms with Crippen LogP contribution < -0.4 is 0 Å². The average Bonchev–Trinajstić information content (AvgIpc) is 2.86. The van der Waals surface area contributed by atoms with Gasteiger partial charge in [-0.2, -0.15) is 0 Å². The second-order valence-electron chi connectivity index (χ2n) is 5.24. The van der Waals surface area contributed by atoms with Gasteiger partial charge in [0.1, 0.15) is 5.01 Å². The predicted molar refractivity (Wildman–Crippen MR) is 77.7 cm³/mol. The minimum Gasteiger partial charge on any atom is -0.388 e. The zero-order chi connectivity index (χ0) is 13.9. The van der Waals surface area contributed by atoms with E-state index in [0.29, 0.717) is 38.5 Å². The molecular weight excluding hydrogens is 284 g/mol. The van der Waals surface area contributed by atoms with Gasteiger partial charge in [0.25, 0.3) is 0 Å². The molecule has 0 saturated carbocycles. The van der Waals surface area contributed by atoms with Gasteiger partial charge in [-0.3, -0.25) is 4.90 Å². The van der Waals surface area contributed by atoms with Crippen molar-refractivity contribution in [2.75, 3.05) is 26.8 Å². The van der Waals surface area contributed by atoms with E-state index < -0.39 is 5.60 Å². The third-order valence-corrected chi connectivity index (χ3v) is 5.03. The summed E-state index contributed by atoms with van der Waals surface area (Å²) in [6.45, 7) is 4.05. The molecule has 108 valence electrons. The van der Waals surface area contributed by atoms with Crippen molar-refractivity contribution in [3.05, 3.63) is 16.1 Å². The number of aromatic nitrogens is 1. The first-order chi connectivity index (χ1) is 9.04. The standard InChI is InChI=1S/C13H21ClN2O2S/c1-10(12-15-11(7-14)8-19-12)16(2)9-13(17)3-5-18-6-4-13/h8,10,17H,3-7,9H2,1-2H3. The first-order valence-corrected chi connectivity index (χ1v) is 7.96. The lowest BCUT2D eigenvalue weighted by Gasteiger charge is -2.37. The molecule has 1 aromatic rings. The molecule has 0 bridgehead atoms.